The van der Waals surface area contributed by atoms with Gasteiger partial charge in [0.05, 0.1) is 23.0 Å². The molecule has 0 saturated carbocycles. The van der Waals surface area contributed by atoms with Crippen LogP contribution in [-0.4, -0.2) is 47.0 Å². The maximum atomic E-state index is 5.90. The molecule has 0 bridgehead atoms. The zero-order valence-electron chi connectivity index (χ0n) is 12.5. The monoisotopic (exact) mass is 317 g/mol. The first-order valence-electron chi connectivity index (χ1n) is 7.55. The summed E-state index contributed by atoms with van der Waals surface area (Å²) in [5.74, 6) is 0.660. The van der Waals surface area contributed by atoms with Crippen molar-refractivity contribution < 1.29 is 4.74 Å². The normalized spacial score (nSPS) is 31.4. The van der Waals surface area contributed by atoms with Crippen LogP contribution in [0.15, 0.2) is 27.9 Å². The summed E-state index contributed by atoms with van der Waals surface area (Å²) in [6.45, 7) is 3.62. The van der Waals surface area contributed by atoms with Crippen molar-refractivity contribution in [1.82, 2.24) is 9.88 Å². The van der Waals surface area contributed by atoms with Gasteiger partial charge in [0.1, 0.15) is 6.17 Å². The molecule has 2 unspecified atom stereocenters. The predicted molar refractivity (Wildman–Crippen MR) is 87.8 cm³/mol. The van der Waals surface area contributed by atoms with E-state index in [9.17, 15) is 0 Å². The highest BCUT2D eigenvalue weighted by atomic mass is 32.1. The van der Waals surface area contributed by atoms with Gasteiger partial charge in [0.2, 0.25) is 5.96 Å². The molecule has 7 heteroatoms. The zero-order valence-corrected chi connectivity index (χ0v) is 13.3. The molecule has 0 amide bonds. The first kappa shape index (κ1) is 13.9. The van der Waals surface area contributed by atoms with E-state index < -0.39 is 0 Å². The van der Waals surface area contributed by atoms with Crippen LogP contribution in [0.4, 0.5) is 0 Å². The van der Waals surface area contributed by atoms with E-state index in [1.807, 2.05) is 11.7 Å². The van der Waals surface area contributed by atoms with Gasteiger partial charge in [-0.25, -0.2) is 9.98 Å². The van der Waals surface area contributed by atoms with Gasteiger partial charge in [-0.05, 0) is 25.3 Å². The third kappa shape index (κ3) is 2.34. The SMILES string of the molecule is CC1=NC(N)=NC2C1CC(c1cncs1)=CN2[C@@H]1CCOC1. The van der Waals surface area contributed by atoms with Crippen molar-refractivity contribution in [3.8, 4) is 0 Å². The number of aliphatic imine (C=N–C) groups is 2. The number of thiazole rings is 1. The average Bonchev–Trinajstić information content (AvgIpc) is 3.20. The molecule has 116 valence electrons. The van der Waals surface area contributed by atoms with E-state index in [0.29, 0.717) is 12.0 Å². The van der Waals surface area contributed by atoms with Crippen LogP contribution in [0, 0.1) is 5.92 Å². The molecule has 1 fully saturated rings. The van der Waals surface area contributed by atoms with Gasteiger partial charge in [0.15, 0.2) is 0 Å². The fraction of sp³-hybridized carbons (Fsp3) is 0.533. The molecule has 0 spiro atoms. The Bertz CT molecular complexity index is 645. The minimum absolute atomic E-state index is 0.0425. The van der Waals surface area contributed by atoms with Gasteiger partial charge >= 0.3 is 0 Å². The molecular formula is C15H19N5OS. The lowest BCUT2D eigenvalue weighted by Gasteiger charge is -2.42. The van der Waals surface area contributed by atoms with E-state index in [1.54, 1.807) is 11.3 Å². The van der Waals surface area contributed by atoms with Gasteiger partial charge in [-0.1, -0.05) is 0 Å². The smallest absolute Gasteiger partial charge is 0.217 e. The summed E-state index contributed by atoms with van der Waals surface area (Å²) < 4.78 is 5.58. The zero-order chi connectivity index (χ0) is 15.1. The standard InChI is InChI=1S/C15H19N5OS/c1-9-12-4-10(13-5-17-8-22-13)6-20(11-2-3-21-7-11)14(12)19-15(16)18-9/h5-6,8,11-12,14H,2-4,7H2,1H3,(H2,16,19)/t11-,12?,14?/m1/s1. The highest BCUT2D eigenvalue weighted by Crippen LogP contribution is 2.38. The number of rotatable bonds is 2. The first-order valence-corrected chi connectivity index (χ1v) is 8.43. The van der Waals surface area contributed by atoms with E-state index in [0.717, 1.165) is 31.8 Å². The molecule has 4 rings (SSSR count). The van der Waals surface area contributed by atoms with Gasteiger partial charge < -0.3 is 15.4 Å². The quantitative estimate of drug-likeness (QED) is 0.901. The van der Waals surface area contributed by atoms with Crippen LogP contribution in [0.3, 0.4) is 0 Å². The van der Waals surface area contributed by atoms with Gasteiger partial charge in [-0.15, -0.1) is 11.3 Å². The predicted octanol–water partition coefficient (Wildman–Crippen LogP) is 1.71. The highest BCUT2D eigenvalue weighted by molar-refractivity contribution is 7.10. The van der Waals surface area contributed by atoms with Crippen LogP contribution < -0.4 is 5.73 Å². The van der Waals surface area contributed by atoms with E-state index in [4.69, 9.17) is 10.5 Å². The second kappa shape index (κ2) is 5.48. The van der Waals surface area contributed by atoms with Crippen LogP contribution in [0.1, 0.15) is 24.6 Å². The molecule has 0 aromatic carbocycles. The van der Waals surface area contributed by atoms with Gasteiger partial charge in [-0.3, -0.25) is 4.98 Å². The van der Waals surface area contributed by atoms with E-state index in [2.05, 4.69) is 33.0 Å². The number of nitrogens with two attached hydrogens (primary N) is 1. The number of aromatic nitrogens is 1. The molecule has 3 atom stereocenters. The molecule has 3 aliphatic rings. The van der Waals surface area contributed by atoms with Crippen LogP contribution in [0.2, 0.25) is 0 Å². The molecule has 1 aromatic rings. The molecule has 1 aromatic heterocycles. The second-order valence-corrected chi connectivity index (χ2v) is 6.84. The molecule has 2 N–H and O–H groups in total. The Morgan fingerprint density at radius 3 is 3.09 bits per heavy atom. The lowest BCUT2D eigenvalue weighted by Crippen LogP contribution is -2.49. The number of hydrogen-bond acceptors (Lipinski definition) is 7. The Balaban J connectivity index is 1.74. The second-order valence-electron chi connectivity index (χ2n) is 5.95. The minimum atomic E-state index is 0.0425. The number of ether oxygens (including phenoxy) is 1. The minimum Gasteiger partial charge on any atom is -0.379 e. The molecule has 3 aliphatic heterocycles. The topological polar surface area (TPSA) is 76.1 Å². The van der Waals surface area contributed by atoms with Crippen molar-refractivity contribution >= 4 is 28.6 Å². The van der Waals surface area contributed by atoms with Crippen LogP contribution >= 0.6 is 11.3 Å². The summed E-state index contributed by atoms with van der Waals surface area (Å²) >= 11 is 1.68. The number of allylic oxidation sites excluding steroid dienone is 1. The summed E-state index contributed by atoms with van der Waals surface area (Å²) in [4.78, 5) is 16.8. The Morgan fingerprint density at radius 2 is 2.36 bits per heavy atom. The van der Waals surface area contributed by atoms with Crippen molar-refractivity contribution in [2.24, 2.45) is 21.6 Å². The number of fused-ring (bicyclic) bond motifs is 1. The fourth-order valence-electron chi connectivity index (χ4n) is 3.42. The van der Waals surface area contributed by atoms with Crippen molar-refractivity contribution in [2.45, 2.75) is 32.0 Å². The van der Waals surface area contributed by atoms with E-state index >= 15 is 0 Å². The van der Waals surface area contributed by atoms with Gasteiger partial charge in [0, 0.05) is 30.6 Å². The van der Waals surface area contributed by atoms with Crippen molar-refractivity contribution in [1.29, 1.82) is 0 Å². The average molecular weight is 317 g/mol. The Labute approximate surface area is 133 Å². The summed E-state index contributed by atoms with van der Waals surface area (Å²) in [5, 5.41) is 0. The summed E-state index contributed by atoms with van der Waals surface area (Å²) in [6.07, 6.45) is 6.18. The number of nitrogens with zero attached hydrogens (tertiary/aromatic N) is 4. The third-order valence-corrected chi connectivity index (χ3v) is 5.43. The lowest BCUT2D eigenvalue weighted by molar-refractivity contribution is 0.132. The molecular weight excluding hydrogens is 298 g/mol. The van der Waals surface area contributed by atoms with Crippen LogP contribution in [-0.2, 0) is 4.74 Å². The highest BCUT2D eigenvalue weighted by Gasteiger charge is 2.39. The summed E-state index contributed by atoms with van der Waals surface area (Å²) in [7, 11) is 0. The largest absolute Gasteiger partial charge is 0.379 e. The Hall–Kier alpha value is -1.73. The molecule has 6 nitrogen and oxygen atoms in total. The third-order valence-electron chi connectivity index (χ3n) is 4.58. The van der Waals surface area contributed by atoms with Crippen molar-refractivity contribution in [3.05, 3.63) is 22.8 Å². The number of guanidine groups is 1. The van der Waals surface area contributed by atoms with Gasteiger partial charge in [-0.2, -0.15) is 0 Å². The van der Waals surface area contributed by atoms with E-state index in [-0.39, 0.29) is 12.1 Å². The Kier molecular flexibility index (Phi) is 3.46. The molecule has 22 heavy (non-hydrogen) atoms. The Morgan fingerprint density at radius 1 is 1.45 bits per heavy atom. The molecule has 0 aliphatic carbocycles. The van der Waals surface area contributed by atoms with Crippen molar-refractivity contribution in [2.75, 3.05) is 13.2 Å². The molecule has 1 saturated heterocycles. The molecule has 4 heterocycles. The molecule has 0 radical (unpaired) electrons. The summed E-state index contributed by atoms with van der Waals surface area (Å²) in [5.41, 5.74) is 10.1. The first-order chi connectivity index (χ1) is 10.7. The van der Waals surface area contributed by atoms with Crippen LogP contribution in [0.25, 0.3) is 5.57 Å². The lowest BCUT2D eigenvalue weighted by atomic mass is 9.87. The van der Waals surface area contributed by atoms with Crippen LogP contribution in [0.5, 0.6) is 0 Å². The summed E-state index contributed by atoms with van der Waals surface area (Å²) in [6, 6.07) is 0.359. The maximum absolute atomic E-state index is 5.90. The van der Waals surface area contributed by atoms with Crippen molar-refractivity contribution in [3.63, 3.8) is 0 Å². The van der Waals surface area contributed by atoms with Gasteiger partial charge in [0.25, 0.3) is 0 Å². The number of hydrogen-bond donors (Lipinski definition) is 1. The maximum Gasteiger partial charge on any atom is 0.217 e. The fourth-order valence-corrected chi connectivity index (χ4v) is 4.07. The van der Waals surface area contributed by atoms with E-state index in [1.165, 1.54) is 10.5 Å².